The van der Waals surface area contributed by atoms with E-state index >= 15 is 0 Å². The zero-order valence-electron chi connectivity index (χ0n) is 22.7. The summed E-state index contributed by atoms with van der Waals surface area (Å²) in [5.74, 6) is 0.626. The van der Waals surface area contributed by atoms with Gasteiger partial charge in [0.05, 0.1) is 48.9 Å². The van der Waals surface area contributed by atoms with Crippen LogP contribution in [0.1, 0.15) is 29.8 Å². The lowest BCUT2D eigenvalue weighted by Crippen LogP contribution is -2.47. The number of carbonyl (C=O) groups excluding carboxylic acids is 1. The Kier molecular flexibility index (Phi) is 7.63. The normalized spacial score (nSPS) is 15.7. The van der Waals surface area contributed by atoms with Crippen LogP contribution in [0.3, 0.4) is 0 Å². The Hall–Kier alpha value is -4.16. The van der Waals surface area contributed by atoms with E-state index in [1.807, 2.05) is 20.8 Å². The van der Waals surface area contributed by atoms with Crippen LogP contribution in [0.4, 0.5) is 11.6 Å². The van der Waals surface area contributed by atoms with Crippen LogP contribution in [0.15, 0.2) is 59.6 Å². The van der Waals surface area contributed by atoms with E-state index in [0.29, 0.717) is 48.8 Å². The number of fused-ring (bicyclic) bond motifs is 1. The first-order valence-corrected chi connectivity index (χ1v) is 14.3. The van der Waals surface area contributed by atoms with Gasteiger partial charge in [-0.2, -0.15) is 9.97 Å². The fraction of sp³-hybridized carbons (Fsp3) is 0.321. The van der Waals surface area contributed by atoms with Crippen LogP contribution in [0.25, 0.3) is 11.0 Å². The molecule has 0 spiro atoms. The van der Waals surface area contributed by atoms with Crippen LogP contribution in [-0.4, -0.2) is 72.7 Å². The highest BCUT2D eigenvalue weighted by Crippen LogP contribution is 2.32. The molecule has 40 heavy (non-hydrogen) atoms. The van der Waals surface area contributed by atoms with Crippen LogP contribution in [0.2, 0.25) is 0 Å². The van der Waals surface area contributed by atoms with E-state index < -0.39 is 10.0 Å². The van der Waals surface area contributed by atoms with E-state index in [1.54, 1.807) is 53.4 Å². The number of hydrogen-bond acceptors (Lipinski definition) is 9. The van der Waals surface area contributed by atoms with Crippen LogP contribution in [0, 0.1) is 6.92 Å². The molecule has 5 rings (SSSR count). The topological polar surface area (TPSA) is 125 Å². The minimum absolute atomic E-state index is 0.0328. The number of benzene rings is 2. The lowest BCUT2D eigenvalue weighted by atomic mass is 10.1. The number of carbonyl (C=O) groups is 1. The summed E-state index contributed by atoms with van der Waals surface area (Å²) in [5.41, 5.74) is 2.08. The van der Waals surface area contributed by atoms with Crippen molar-refractivity contribution in [2.24, 2.45) is 0 Å². The van der Waals surface area contributed by atoms with Crippen LogP contribution in [-0.2, 0) is 14.8 Å². The van der Waals surface area contributed by atoms with E-state index in [4.69, 9.17) is 14.2 Å². The number of ether oxygens (including phenoxy) is 3. The lowest BCUT2D eigenvalue weighted by molar-refractivity contribution is 0.00358. The summed E-state index contributed by atoms with van der Waals surface area (Å²) < 4.78 is 44.9. The summed E-state index contributed by atoms with van der Waals surface area (Å²) in [4.78, 5) is 24.1. The minimum Gasteiger partial charge on any atom is -0.495 e. The number of aromatic nitrogens is 3. The highest BCUT2D eigenvalue weighted by atomic mass is 32.2. The van der Waals surface area contributed by atoms with Gasteiger partial charge in [-0.3, -0.25) is 4.79 Å². The third-order valence-electron chi connectivity index (χ3n) is 6.66. The van der Waals surface area contributed by atoms with Gasteiger partial charge in [0.1, 0.15) is 5.75 Å². The smallest absolute Gasteiger partial charge is 0.269 e. The second-order valence-electron chi connectivity index (χ2n) is 9.41. The molecule has 4 aromatic rings. The zero-order valence-corrected chi connectivity index (χ0v) is 23.6. The molecule has 1 aliphatic heterocycles. The Morgan fingerprint density at radius 2 is 1.93 bits per heavy atom. The number of amides is 1. The number of morpholine rings is 1. The average Bonchev–Trinajstić information content (AvgIpc) is 3.39. The second kappa shape index (κ2) is 11.1. The van der Waals surface area contributed by atoms with E-state index in [9.17, 15) is 13.2 Å². The molecular formula is C28H31N5O6S. The predicted octanol–water partition coefficient (Wildman–Crippen LogP) is 3.99. The number of nitrogens with one attached hydrogen (secondary N) is 1. The van der Waals surface area contributed by atoms with Crippen LogP contribution < -0.4 is 14.8 Å². The summed E-state index contributed by atoms with van der Waals surface area (Å²) in [6.45, 7) is 7.48. The van der Waals surface area contributed by atoms with Gasteiger partial charge in [-0.15, -0.1) is 0 Å². The van der Waals surface area contributed by atoms with Gasteiger partial charge >= 0.3 is 0 Å². The van der Waals surface area contributed by atoms with Crippen molar-refractivity contribution < 1.29 is 27.4 Å². The van der Waals surface area contributed by atoms with Crippen molar-refractivity contribution in [2.45, 2.75) is 31.7 Å². The zero-order chi connectivity index (χ0) is 28.4. The molecule has 1 atom stereocenters. The fourth-order valence-electron chi connectivity index (χ4n) is 4.53. The molecule has 210 valence electrons. The van der Waals surface area contributed by atoms with Gasteiger partial charge in [-0.25, -0.2) is 12.4 Å². The van der Waals surface area contributed by atoms with Gasteiger partial charge < -0.3 is 24.4 Å². The number of methoxy groups -OCH3 is 1. The maximum Gasteiger partial charge on any atom is 0.269 e. The van der Waals surface area contributed by atoms with E-state index in [2.05, 4.69) is 15.3 Å². The Bertz CT molecular complexity index is 1650. The quantitative estimate of drug-likeness (QED) is 0.338. The maximum absolute atomic E-state index is 13.5. The lowest BCUT2D eigenvalue weighted by Gasteiger charge is -2.33. The van der Waals surface area contributed by atoms with E-state index in [-0.39, 0.29) is 34.3 Å². The Morgan fingerprint density at radius 1 is 1.15 bits per heavy atom. The molecule has 1 saturated heterocycles. The Labute approximate surface area is 232 Å². The number of rotatable bonds is 8. The molecule has 1 aliphatic rings. The SMILES string of the molecule is CCOc1nc(Nc2ccc(C(=O)N3CCOC[C@@H]3C)cc2OC)nc2c1ccn2S(=O)(=O)c1ccc(C)cc1. The van der Waals surface area contributed by atoms with Gasteiger partial charge in [0.15, 0.2) is 5.65 Å². The van der Waals surface area contributed by atoms with Crippen molar-refractivity contribution in [3.05, 3.63) is 65.9 Å². The molecule has 0 unspecified atom stereocenters. The number of nitrogens with zero attached hydrogens (tertiary/aromatic N) is 4. The Morgan fingerprint density at radius 3 is 2.62 bits per heavy atom. The predicted molar refractivity (Wildman–Crippen MR) is 150 cm³/mol. The third kappa shape index (κ3) is 5.19. The number of hydrogen-bond donors (Lipinski definition) is 1. The summed E-state index contributed by atoms with van der Waals surface area (Å²) in [6.07, 6.45) is 1.44. The van der Waals surface area contributed by atoms with Crippen molar-refractivity contribution in [2.75, 3.05) is 38.8 Å². The molecule has 2 aromatic carbocycles. The van der Waals surface area contributed by atoms with Gasteiger partial charge in [-0.1, -0.05) is 17.7 Å². The average molecular weight is 566 g/mol. The number of aryl methyl sites for hydroxylation is 1. The first-order chi connectivity index (χ1) is 19.2. The first kappa shape index (κ1) is 27.4. The summed E-state index contributed by atoms with van der Waals surface area (Å²) in [5, 5.41) is 3.56. The second-order valence-corrected chi connectivity index (χ2v) is 11.2. The maximum atomic E-state index is 13.5. The van der Waals surface area contributed by atoms with Gasteiger partial charge in [0, 0.05) is 18.3 Å². The van der Waals surface area contributed by atoms with E-state index in [0.717, 1.165) is 9.54 Å². The largest absolute Gasteiger partial charge is 0.495 e. The molecule has 1 fully saturated rings. The summed E-state index contributed by atoms with van der Waals surface area (Å²) in [7, 11) is -2.44. The third-order valence-corrected chi connectivity index (χ3v) is 8.34. The summed E-state index contributed by atoms with van der Waals surface area (Å²) >= 11 is 0. The first-order valence-electron chi connectivity index (χ1n) is 12.9. The fourth-order valence-corrected chi connectivity index (χ4v) is 5.82. The molecule has 2 aromatic heterocycles. The molecule has 0 bridgehead atoms. The van der Waals surface area contributed by atoms with Crippen molar-refractivity contribution in [3.63, 3.8) is 0 Å². The van der Waals surface area contributed by atoms with Crippen LogP contribution >= 0.6 is 0 Å². The standard InChI is InChI=1S/C28H31N5O6S/c1-5-39-26-22-12-13-33(40(35,36)21-9-6-18(2)7-10-21)25(22)30-28(31-26)29-23-11-8-20(16-24(23)37-4)27(34)32-14-15-38-17-19(32)3/h6-13,16,19H,5,14-15,17H2,1-4H3,(H,29,30,31)/t19-/m0/s1. The van der Waals surface area contributed by atoms with Gasteiger partial charge in [-0.05, 0) is 57.2 Å². The molecule has 1 amide bonds. The summed E-state index contributed by atoms with van der Waals surface area (Å²) in [6, 6.07) is 13.2. The molecule has 0 radical (unpaired) electrons. The van der Waals surface area contributed by atoms with Gasteiger partial charge in [0.2, 0.25) is 11.8 Å². The van der Waals surface area contributed by atoms with Crippen molar-refractivity contribution in [1.82, 2.24) is 18.8 Å². The Balaban J connectivity index is 1.52. The van der Waals surface area contributed by atoms with E-state index in [1.165, 1.54) is 13.3 Å². The van der Waals surface area contributed by atoms with Crippen molar-refractivity contribution in [3.8, 4) is 11.6 Å². The molecule has 1 N–H and O–H groups in total. The van der Waals surface area contributed by atoms with Crippen molar-refractivity contribution >= 4 is 38.6 Å². The molecular weight excluding hydrogens is 534 g/mol. The molecule has 0 aliphatic carbocycles. The minimum atomic E-state index is -3.94. The molecule has 12 heteroatoms. The highest BCUT2D eigenvalue weighted by molar-refractivity contribution is 7.90. The molecule has 3 heterocycles. The van der Waals surface area contributed by atoms with Crippen molar-refractivity contribution in [1.29, 1.82) is 0 Å². The molecule has 0 saturated carbocycles. The van der Waals surface area contributed by atoms with Gasteiger partial charge in [0.25, 0.3) is 15.9 Å². The van der Waals surface area contributed by atoms with Crippen LogP contribution in [0.5, 0.6) is 11.6 Å². The molecule has 11 nitrogen and oxygen atoms in total. The highest BCUT2D eigenvalue weighted by Gasteiger charge is 2.26. The monoisotopic (exact) mass is 565 g/mol. The number of anilines is 2.